The molecular formula is C11H10BrN3O. The van der Waals surface area contributed by atoms with E-state index in [1.807, 2.05) is 24.3 Å². The lowest BCUT2D eigenvalue weighted by molar-refractivity contribution is 0.100. The van der Waals surface area contributed by atoms with E-state index in [0.717, 1.165) is 10.2 Å². The number of nitrogens with zero attached hydrogens (tertiary/aromatic N) is 1. The molecule has 0 aliphatic rings. The van der Waals surface area contributed by atoms with Crippen LogP contribution in [0.1, 0.15) is 10.4 Å². The molecule has 0 unspecified atom stereocenters. The summed E-state index contributed by atoms with van der Waals surface area (Å²) < 4.78 is 2.76. The van der Waals surface area contributed by atoms with Gasteiger partial charge < -0.3 is 16.0 Å². The predicted molar refractivity (Wildman–Crippen MR) is 66.4 cm³/mol. The van der Waals surface area contributed by atoms with Crippen molar-refractivity contribution in [1.29, 1.82) is 0 Å². The maximum Gasteiger partial charge on any atom is 0.252 e. The van der Waals surface area contributed by atoms with Gasteiger partial charge in [0.05, 0.1) is 11.3 Å². The van der Waals surface area contributed by atoms with Crippen molar-refractivity contribution in [1.82, 2.24) is 4.57 Å². The predicted octanol–water partition coefficient (Wildman–Crippen LogP) is 1.92. The van der Waals surface area contributed by atoms with Gasteiger partial charge in [0.1, 0.15) is 0 Å². The van der Waals surface area contributed by atoms with E-state index < -0.39 is 5.91 Å². The van der Waals surface area contributed by atoms with Crippen LogP contribution in [0.4, 0.5) is 5.69 Å². The van der Waals surface area contributed by atoms with Crippen molar-refractivity contribution in [2.24, 2.45) is 5.73 Å². The molecule has 2 aromatic rings. The molecule has 1 amide bonds. The molecule has 16 heavy (non-hydrogen) atoms. The summed E-state index contributed by atoms with van der Waals surface area (Å²) in [6.07, 6.45) is 3.30. The number of amides is 1. The van der Waals surface area contributed by atoms with Gasteiger partial charge >= 0.3 is 0 Å². The van der Waals surface area contributed by atoms with E-state index in [1.54, 1.807) is 17.0 Å². The lowest BCUT2D eigenvalue weighted by Crippen LogP contribution is -2.11. The Bertz CT molecular complexity index is 531. The molecule has 2 rings (SSSR count). The third-order valence-corrected chi connectivity index (χ3v) is 2.78. The SMILES string of the molecule is NC(=O)c1cn(-c2ccc(Br)cc2)cc1N. The van der Waals surface area contributed by atoms with Crippen LogP contribution in [0.3, 0.4) is 0 Å². The summed E-state index contributed by atoms with van der Waals surface area (Å²) in [5.74, 6) is -0.520. The lowest BCUT2D eigenvalue weighted by Gasteiger charge is -2.01. The number of primary amides is 1. The number of nitrogens with two attached hydrogens (primary N) is 2. The van der Waals surface area contributed by atoms with Crippen LogP contribution in [0.15, 0.2) is 41.1 Å². The van der Waals surface area contributed by atoms with Gasteiger partial charge in [-0.1, -0.05) is 15.9 Å². The number of nitrogen functional groups attached to an aromatic ring is 1. The molecule has 4 nitrogen and oxygen atoms in total. The fourth-order valence-electron chi connectivity index (χ4n) is 1.44. The third kappa shape index (κ3) is 1.94. The van der Waals surface area contributed by atoms with E-state index in [9.17, 15) is 4.79 Å². The van der Waals surface area contributed by atoms with Crippen molar-refractivity contribution < 1.29 is 4.79 Å². The summed E-state index contributed by atoms with van der Waals surface area (Å²) in [6, 6.07) is 7.65. The number of hydrogen-bond donors (Lipinski definition) is 2. The number of benzene rings is 1. The zero-order valence-electron chi connectivity index (χ0n) is 8.35. The largest absolute Gasteiger partial charge is 0.397 e. The second kappa shape index (κ2) is 4.02. The van der Waals surface area contributed by atoms with Gasteiger partial charge in [-0.2, -0.15) is 0 Å². The summed E-state index contributed by atoms with van der Waals surface area (Å²) in [7, 11) is 0. The molecule has 0 aliphatic heterocycles. The number of rotatable bonds is 2. The molecule has 0 radical (unpaired) electrons. The summed E-state index contributed by atoms with van der Waals surface area (Å²) in [5.41, 5.74) is 12.5. The number of carbonyl (C=O) groups is 1. The van der Waals surface area contributed by atoms with Crippen molar-refractivity contribution in [3.05, 3.63) is 46.7 Å². The summed E-state index contributed by atoms with van der Waals surface area (Å²) in [6.45, 7) is 0. The Morgan fingerprint density at radius 2 is 1.81 bits per heavy atom. The summed E-state index contributed by atoms with van der Waals surface area (Å²) in [4.78, 5) is 11.0. The van der Waals surface area contributed by atoms with Gasteiger partial charge in [-0.25, -0.2) is 0 Å². The molecule has 0 saturated carbocycles. The zero-order chi connectivity index (χ0) is 11.7. The highest BCUT2D eigenvalue weighted by molar-refractivity contribution is 9.10. The second-order valence-corrected chi connectivity index (χ2v) is 4.29. The third-order valence-electron chi connectivity index (χ3n) is 2.25. The van der Waals surface area contributed by atoms with Gasteiger partial charge in [0.25, 0.3) is 5.91 Å². The van der Waals surface area contributed by atoms with Crippen LogP contribution in [0.2, 0.25) is 0 Å². The fourth-order valence-corrected chi connectivity index (χ4v) is 1.70. The van der Waals surface area contributed by atoms with Gasteiger partial charge in [-0.05, 0) is 24.3 Å². The number of carbonyl (C=O) groups excluding carboxylic acids is 1. The van der Waals surface area contributed by atoms with Crippen molar-refractivity contribution in [3.8, 4) is 5.69 Å². The average Bonchev–Trinajstić information content (AvgIpc) is 2.61. The van der Waals surface area contributed by atoms with Gasteiger partial charge in [-0.15, -0.1) is 0 Å². The number of hydrogen-bond acceptors (Lipinski definition) is 2. The van der Waals surface area contributed by atoms with Gasteiger partial charge in [-0.3, -0.25) is 4.79 Å². The van der Waals surface area contributed by atoms with Crippen LogP contribution < -0.4 is 11.5 Å². The van der Waals surface area contributed by atoms with Crippen molar-refractivity contribution in [2.75, 3.05) is 5.73 Å². The van der Waals surface area contributed by atoms with E-state index in [2.05, 4.69) is 15.9 Å². The van der Waals surface area contributed by atoms with Crippen LogP contribution in [0.25, 0.3) is 5.69 Å². The Balaban J connectivity index is 2.45. The van der Waals surface area contributed by atoms with Crippen LogP contribution >= 0.6 is 15.9 Å². The molecule has 0 saturated heterocycles. The Morgan fingerprint density at radius 1 is 1.19 bits per heavy atom. The Morgan fingerprint density at radius 3 is 2.31 bits per heavy atom. The molecule has 0 spiro atoms. The van der Waals surface area contributed by atoms with Crippen LogP contribution in [0, 0.1) is 0 Å². The minimum absolute atomic E-state index is 0.336. The van der Waals surface area contributed by atoms with Crippen molar-refractivity contribution in [3.63, 3.8) is 0 Å². The smallest absolute Gasteiger partial charge is 0.252 e. The average molecular weight is 280 g/mol. The molecule has 1 aromatic heterocycles. The first-order chi connectivity index (χ1) is 7.58. The highest BCUT2D eigenvalue weighted by Gasteiger charge is 2.09. The highest BCUT2D eigenvalue weighted by atomic mass is 79.9. The molecule has 0 atom stereocenters. The first kappa shape index (κ1) is 10.8. The first-order valence-electron chi connectivity index (χ1n) is 4.61. The molecular weight excluding hydrogens is 270 g/mol. The number of aromatic nitrogens is 1. The van der Waals surface area contributed by atoms with Crippen LogP contribution in [0.5, 0.6) is 0 Å². The lowest BCUT2D eigenvalue weighted by atomic mass is 10.3. The van der Waals surface area contributed by atoms with Gasteiger partial charge in [0.15, 0.2) is 0 Å². The monoisotopic (exact) mass is 279 g/mol. The Labute approximate surface area is 101 Å². The Hall–Kier alpha value is -1.75. The maximum atomic E-state index is 11.0. The topological polar surface area (TPSA) is 74.0 Å². The van der Waals surface area contributed by atoms with Crippen molar-refractivity contribution >= 4 is 27.5 Å². The summed E-state index contributed by atoms with van der Waals surface area (Å²) >= 11 is 3.35. The minimum atomic E-state index is -0.520. The molecule has 1 heterocycles. The maximum absolute atomic E-state index is 11.0. The number of anilines is 1. The zero-order valence-corrected chi connectivity index (χ0v) is 9.94. The second-order valence-electron chi connectivity index (χ2n) is 3.38. The fraction of sp³-hybridized carbons (Fsp3) is 0. The molecule has 0 fully saturated rings. The molecule has 5 heteroatoms. The van der Waals surface area contributed by atoms with E-state index in [0.29, 0.717) is 11.3 Å². The van der Waals surface area contributed by atoms with E-state index in [4.69, 9.17) is 11.5 Å². The minimum Gasteiger partial charge on any atom is -0.397 e. The summed E-state index contributed by atoms with van der Waals surface area (Å²) in [5, 5.41) is 0. The standard InChI is InChI=1S/C11H10BrN3O/c12-7-1-3-8(4-2-7)15-5-9(11(14)16)10(13)6-15/h1-6H,13H2,(H2,14,16). The molecule has 1 aromatic carbocycles. The van der Waals surface area contributed by atoms with Gasteiger partial charge in [0.2, 0.25) is 0 Å². The first-order valence-corrected chi connectivity index (χ1v) is 5.40. The van der Waals surface area contributed by atoms with Gasteiger partial charge in [0, 0.05) is 22.6 Å². The van der Waals surface area contributed by atoms with E-state index in [-0.39, 0.29) is 0 Å². The van der Waals surface area contributed by atoms with Crippen LogP contribution in [-0.2, 0) is 0 Å². The molecule has 4 N–H and O–H groups in total. The van der Waals surface area contributed by atoms with Crippen molar-refractivity contribution in [2.45, 2.75) is 0 Å². The highest BCUT2D eigenvalue weighted by Crippen LogP contribution is 2.19. The number of halogens is 1. The molecule has 82 valence electrons. The van der Waals surface area contributed by atoms with E-state index in [1.165, 1.54) is 0 Å². The normalized spacial score (nSPS) is 10.3. The molecule has 0 aliphatic carbocycles. The Kier molecular flexibility index (Phi) is 2.70. The van der Waals surface area contributed by atoms with Crippen LogP contribution in [-0.4, -0.2) is 10.5 Å². The van der Waals surface area contributed by atoms with E-state index >= 15 is 0 Å². The molecule has 0 bridgehead atoms. The quantitative estimate of drug-likeness (QED) is 0.882.